The van der Waals surface area contributed by atoms with Crippen molar-refractivity contribution >= 4 is 5.91 Å². The first-order chi connectivity index (χ1) is 6.02. The lowest BCUT2D eigenvalue weighted by Crippen LogP contribution is -2.43. The lowest BCUT2D eigenvalue weighted by molar-refractivity contribution is -0.123. The van der Waals surface area contributed by atoms with Crippen LogP contribution in [0.25, 0.3) is 0 Å². The van der Waals surface area contributed by atoms with Crippen LogP contribution in [0.1, 0.15) is 40.0 Å². The second kappa shape index (κ2) is 5.97. The molecule has 0 aliphatic carbocycles. The van der Waals surface area contributed by atoms with Crippen LogP contribution >= 0.6 is 0 Å². The zero-order valence-electron chi connectivity index (χ0n) is 9.14. The van der Waals surface area contributed by atoms with Gasteiger partial charge in [0.25, 0.3) is 0 Å². The Hall–Kier alpha value is -0.570. The number of ether oxygens (including phenoxy) is 1. The number of carbonyl (C=O) groups is 1. The fourth-order valence-electron chi connectivity index (χ4n) is 1.32. The van der Waals surface area contributed by atoms with E-state index in [9.17, 15) is 4.79 Å². The summed E-state index contributed by atoms with van der Waals surface area (Å²) in [5.74, 6) is 0.0697. The van der Waals surface area contributed by atoms with Crippen LogP contribution < -0.4 is 5.32 Å². The Labute approximate surface area is 80.8 Å². The average Bonchev–Trinajstić information content (AvgIpc) is 1.99. The van der Waals surface area contributed by atoms with E-state index in [0.717, 1.165) is 12.8 Å². The van der Waals surface area contributed by atoms with Gasteiger partial charge in [-0.25, -0.2) is 0 Å². The van der Waals surface area contributed by atoms with Gasteiger partial charge in [0, 0.05) is 19.1 Å². The molecule has 1 N–H and O–H groups in total. The van der Waals surface area contributed by atoms with Gasteiger partial charge >= 0.3 is 0 Å². The van der Waals surface area contributed by atoms with Gasteiger partial charge in [0.15, 0.2) is 0 Å². The van der Waals surface area contributed by atoms with Crippen molar-refractivity contribution in [2.24, 2.45) is 0 Å². The highest BCUT2D eigenvalue weighted by Gasteiger charge is 2.18. The second-order valence-corrected chi connectivity index (χ2v) is 3.92. The number of methoxy groups -OCH3 is 1. The molecular weight excluding hydrogens is 166 g/mol. The molecule has 0 unspecified atom stereocenters. The van der Waals surface area contributed by atoms with Crippen molar-refractivity contribution in [2.75, 3.05) is 13.7 Å². The maximum absolute atomic E-state index is 11.3. The van der Waals surface area contributed by atoms with E-state index in [0.29, 0.717) is 13.0 Å². The Bertz CT molecular complexity index is 155. The van der Waals surface area contributed by atoms with Gasteiger partial charge in [-0.3, -0.25) is 4.79 Å². The third-order valence-corrected chi connectivity index (χ3v) is 1.89. The molecule has 0 rings (SSSR count). The second-order valence-electron chi connectivity index (χ2n) is 3.92. The first-order valence-electron chi connectivity index (χ1n) is 4.82. The van der Waals surface area contributed by atoms with Gasteiger partial charge in [0.1, 0.15) is 0 Å². The van der Waals surface area contributed by atoms with Crippen LogP contribution in [0.15, 0.2) is 0 Å². The smallest absolute Gasteiger partial charge is 0.222 e. The first kappa shape index (κ1) is 12.4. The monoisotopic (exact) mass is 187 g/mol. The predicted octanol–water partition coefficient (Wildman–Crippen LogP) is 1.72. The van der Waals surface area contributed by atoms with Crippen LogP contribution in [0.3, 0.4) is 0 Å². The normalized spacial score (nSPS) is 11.4. The lowest BCUT2D eigenvalue weighted by Gasteiger charge is -2.25. The summed E-state index contributed by atoms with van der Waals surface area (Å²) in [4.78, 5) is 11.3. The fraction of sp³-hybridized carbons (Fsp3) is 0.900. The molecule has 0 atom stereocenters. The van der Waals surface area contributed by atoms with Gasteiger partial charge in [-0.05, 0) is 20.3 Å². The zero-order valence-corrected chi connectivity index (χ0v) is 9.14. The van der Waals surface area contributed by atoms with E-state index in [-0.39, 0.29) is 11.4 Å². The Kier molecular flexibility index (Phi) is 5.71. The van der Waals surface area contributed by atoms with E-state index in [1.807, 2.05) is 13.8 Å². The molecule has 0 radical (unpaired) electrons. The Balaban J connectivity index is 3.75. The molecule has 0 fully saturated rings. The third kappa shape index (κ3) is 6.58. The summed E-state index contributed by atoms with van der Waals surface area (Å²) in [6, 6.07) is 0. The van der Waals surface area contributed by atoms with E-state index in [1.165, 1.54) is 0 Å². The van der Waals surface area contributed by atoms with Crippen molar-refractivity contribution in [1.29, 1.82) is 0 Å². The molecule has 0 aliphatic heterocycles. The molecule has 0 spiro atoms. The van der Waals surface area contributed by atoms with Gasteiger partial charge in [0.05, 0.1) is 6.61 Å². The van der Waals surface area contributed by atoms with Crippen molar-refractivity contribution in [3.63, 3.8) is 0 Å². The number of hydrogen-bond donors (Lipinski definition) is 1. The Morgan fingerprint density at radius 1 is 1.46 bits per heavy atom. The highest BCUT2D eigenvalue weighted by Crippen LogP contribution is 2.10. The molecule has 13 heavy (non-hydrogen) atoms. The molecule has 3 heteroatoms. The summed E-state index contributed by atoms with van der Waals surface area (Å²) in [6.07, 6.45) is 2.53. The van der Waals surface area contributed by atoms with E-state index in [4.69, 9.17) is 4.74 Å². The highest BCUT2D eigenvalue weighted by atomic mass is 16.5. The van der Waals surface area contributed by atoms with Crippen LogP contribution in [0.5, 0.6) is 0 Å². The summed E-state index contributed by atoms with van der Waals surface area (Å²) >= 11 is 0. The molecule has 0 aromatic heterocycles. The van der Waals surface area contributed by atoms with E-state index < -0.39 is 0 Å². The number of carbonyl (C=O) groups excluding carboxylic acids is 1. The quantitative estimate of drug-likeness (QED) is 0.687. The minimum Gasteiger partial charge on any atom is -0.384 e. The summed E-state index contributed by atoms with van der Waals surface area (Å²) in [5, 5.41) is 2.97. The van der Waals surface area contributed by atoms with Gasteiger partial charge in [0.2, 0.25) is 5.91 Å². The minimum atomic E-state index is -0.0838. The van der Waals surface area contributed by atoms with Gasteiger partial charge in [-0.2, -0.15) is 0 Å². The molecule has 1 amide bonds. The number of amides is 1. The molecule has 0 bridgehead atoms. The molecular formula is C10H21NO2. The zero-order chi connectivity index (χ0) is 10.3. The first-order valence-corrected chi connectivity index (χ1v) is 4.82. The van der Waals surface area contributed by atoms with Crippen molar-refractivity contribution < 1.29 is 9.53 Å². The van der Waals surface area contributed by atoms with Gasteiger partial charge < -0.3 is 10.1 Å². The number of rotatable bonds is 6. The SMILES string of the molecule is CCCC(C)(C)NC(=O)CCOC. The number of nitrogens with one attached hydrogen (secondary N) is 1. The summed E-state index contributed by atoms with van der Waals surface area (Å²) in [5.41, 5.74) is -0.0838. The van der Waals surface area contributed by atoms with Crippen molar-refractivity contribution in [3.8, 4) is 0 Å². The molecule has 0 saturated heterocycles. The van der Waals surface area contributed by atoms with Crippen molar-refractivity contribution in [2.45, 2.75) is 45.6 Å². The van der Waals surface area contributed by atoms with Crippen LogP contribution in [0.4, 0.5) is 0 Å². The predicted molar refractivity (Wildman–Crippen MR) is 53.6 cm³/mol. The minimum absolute atomic E-state index is 0.0697. The van der Waals surface area contributed by atoms with E-state index >= 15 is 0 Å². The van der Waals surface area contributed by atoms with E-state index in [1.54, 1.807) is 7.11 Å². The molecule has 0 aliphatic rings. The summed E-state index contributed by atoms with van der Waals surface area (Å²) in [7, 11) is 1.60. The lowest BCUT2D eigenvalue weighted by atomic mass is 9.99. The van der Waals surface area contributed by atoms with Crippen LogP contribution in [0, 0.1) is 0 Å². The van der Waals surface area contributed by atoms with Crippen LogP contribution in [0.2, 0.25) is 0 Å². The Morgan fingerprint density at radius 3 is 2.54 bits per heavy atom. The number of hydrogen-bond acceptors (Lipinski definition) is 2. The van der Waals surface area contributed by atoms with Gasteiger partial charge in [-0.1, -0.05) is 13.3 Å². The summed E-state index contributed by atoms with van der Waals surface area (Å²) in [6.45, 7) is 6.69. The van der Waals surface area contributed by atoms with Crippen LogP contribution in [-0.4, -0.2) is 25.2 Å². The Morgan fingerprint density at radius 2 is 2.08 bits per heavy atom. The maximum atomic E-state index is 11.3. The molecule has 3 nitrogen and oxygen atoms in total. The largest absolute Gasteiger partial charge is 0.384 e. The fourth-order valence-corrected chi connectivity index (χ4v) is 1.32. The maximum Gasteiger partial charge on any atom is 0.222 e. The summed E-state index contributed by atoms with van der Waals surface area (Å²) < 4.78 is 4.83. The molecule has 0 aromatic rings. The van der Waals surface area contributed by atoms with Crippen molar-refractivity contribution in [1.82, 2.24) is 5.32 Å². The third-order valence-electron chi connectivity index (χ3n) is 1.89. The van der Waals surface area contributed by atoms with Gasteiger partial charge in [-0.15, -0.1) is 0 Å². The average molecular weight is 187 g/mol. The van der Waals surface area contributed by atoms with Crippen LogP contribution in [-0.2, 0) is 9.53 Å². The molecule has 78 valence electrons. The standard InChI is InChI=1S/C10H21NO2/c1-5-7-10(2,3)11-9(12)6-8-13-4/h5-8H2,1-4H3,(H,11,12). The molecule has 0 aromatic carbocycles. The molecule has 0 saturated carbocycles. The van der Waals surface area contributed by atoms with E-state index in [2.05, 4.69) is 12.2 Å². The van der Waals surface area contributed by atoms with Crippen molar-refractivity contribution in [3.05, 3.63) is 0 Å². The topological polar surface area (TPSA) is 38.3 Å². The molecule has 0 heterocycles. The highest BCUT2D eigenvalue weighted by molar-refractivity contribution is 5.76.